The van der Waals surface area contributed by atoms with E-state index >= 15 is 0 Å². The smallest absolute Gasteiger partial charge is 0.319 e. The zero-order chi connectivity index (χ0) is 24.2. The standard InChI is InChI=1S/C22H21ClFN5O4S/c1-33-22(32)18-5-3-13(34-18)11-26-21(31)17-9-16(28-19-6-7-27-29(17)19)20(30)25-10-12-2-4-15(24)14(23)8-12/h2-4,6,8-9,18,27H,5,7,10-11H2,1H3,(H,25,30)(H,26,31). The van der Waals surface area contributed by atoms with Crippen LogP contribution in [0.3, 0.4) is 0 Å². The molecule has 178 valence electrons. The second-order valence-corrected chi connectivity index (χ2v) is 9.17. The fourth-order valence-electron chi connectivity index (χ4n) is 3.43. The van der Waals surface area contributed by atoms with Crippen LogP contribution >= 0.6 is 23.4 Å². The van der Waals surface area contributed by atoms with Gasteiger partial charge in [0.1, 0.15) is 28.3 Å². The summed E-state index contributed by atoms with van der Waals surface area (Å²) < 4.78 is 18.1. The van der Waals surface area contributed by atoms with Crippen LogP contribution in [0.25, 0.3) is 0 Å². The molecular weight excluding hydrogens is 485 g/mol. The number of methoxy groups -OCH3 is 1. The van der Waals surface area contributed by atoms with E-state index < -0.39 is 17.6 Å². The molecule has 0 aliphatic carbocycles. The molecule has 1 aromatic rings. The molecule has 2 amide bonds. The average Bonchev–Trinajstić information content (AvgIpc) is 3.51. The summed E-state index contributed by atoms with van der Waals surface area (Å²) in [5.41, 5.74) is 3.91. The lowest BCUT2D eigenvalue weighted by Crippen LogP contribution is -2.43. The van der Waals surface area contributed by atoms with Crippen molar-refractivity contribution in [2.45, 2.75) is 18.2 Å². The Hall–Kier alpha value is -3.15. The van der Waals surface area contributed by atoms with Gasteiger partial charge in [-0.1, -0.05) is 23.7 Å². The molecule has 3 heterocycles. The highest BCUT2D eigenvalue weighted by atomic mass is 35.5. The van der Waals surface area contributed by atoms with Crippen molar-refractivity contribution in [3.8, 4) is 0 Å². The van der Waals surface area contributed by atoms with Crippen molar-refractivity contribution in [1.82, 2.24) is 21.1 Å². The molecule has 1 atom stereocenters. The summed E-state index contributed by atoms with van der Waals surface area (Å²) in [6.07, 6.45) is 5.58. The molecule has 0 aromatic heterocycles. The number of hydrazine groups is 1. The third kappa shape index (κ3) is 5.32. The number of amides is 2. The number of esters is 1. The Labute approximate surface area is 204 Å². The second-order valence-electron chi connectivity index (χ2n) is 7.44. The summed E-state index contributed by atoms with van der Waals surface area (Å²) in [5.74, 6) is -1.31. The van der Waals surface area contributed by atoms with Crippen LogP contribution in [-0.4, -0.2) is 54.0 Å². The lowest BCUT2D eigenvalue weighted by Gasteiger charge is -2.26. The van der Waals surface area contributed by atoms with Gasteiger partial charge in [0.15, 0.2) is 0 Å². The Kier molecular flexibility index (Phi) is 7.35. The Morgan fingerprint density at radius 1 is 1.26 bits per heavy atom. The topological polar surface area (TPSA) is 112 Å². The minimum atomic E-state index is -0.541. The summed E-state index contributed by atoms with van der Waals surface area (Å²) in [6.45, 7) is 0.806. The predicted octanol–water partition coefficient (Wildman–Crippen LogP) is 1.77. The maximum atomic E-state index is 13.3. The maximum absolute atomic E-state index is 13.3. The van der Waals surface area contributed by atoms with Gasteiger partial charge in [-0.15, -0.1) is 11.8 Å². The summed E-state index contributed by atoms with van der Waals surface area (Å²) in [7, 11) is 1.34. The van der Waals surface area contributed by atoms with E-state index in [4.69, 9.17) is 16.3 Å². The minimum absolute atomic E-state index is 0.0353. The van der Waals surface area contributed by atoms with Crippen molar-refractivity contribution in [3.05, 3.63) is 69.3 Å². The highest BCUT2D eigenvalue weighted by molar-refractivity contribution is 8.04. The van der Waals surface area contributed by atoms with Gasteiger partial charge in [-0.05, 0) is 30.2 Å². The number of benzene rings is 1. The van der Waals surface area contributed by atoms with Gasteiger partial charge in [-0.25, -0.2) is 14.8 Å². The van der Waals surface area contributed by atoms with Crippen LogP contribution in [0.15, 0.2) is 57.8 Å². The Morgan fingerprint density at radius 2 is 2.06 bits per heavy atom. The largest absolute Gasteiger partial charge is 0.468 e. The highest BCUT2D eigenvalue weighted by Gasteiger charge is 2.31. The van der Waals surface area contributed by atoms with Crippen molar-refractivity contribution in [3.63, 3.8) is 0 Å². The fourth-order valence-corrected chi connectivity index (χ4v) is 4.73. The number of aliphatic imine (C=N–C) groups is 1. The Bertz CT molecular complexity index is 1170. The molecule has 34 heavy (non-hydrogen) atoms. The number of allylic oxidation sites excluding steroid dienone is 1. The first kappa shape index (κ1) is 24.0. The van der Waals surface area contributed by atoms with Crippen molar-refractivity contribution < 1.29 is 23.5 Å². The predicted molar refractivity (Wildman–Crippen MR) is 126 cm³/mol. The van der Waals surface area contributed by atoms with Crippen LogP contribution < -0.4 is 16.1 Å². The number of hydrogen-bond donors (Lipinski definition) is 3. The van der Waals surface area contributed by atoms with Gasteiger partial charge in [0.05, 0.1) is 12.1 Å². The Morgan fingerprint density at radius 3 is 2.82 bits per heavy atom. The van der Waals surface area contributed by atoms with E-state index in [1.807, 2.05) is 6.08 Å². The van der Waals surface area contributed by atoms with Crippen LogP contribution in [0.2, 0.25) is 5.02 Å². The summed E-state index contributed by atoms with van der Waals surface area (Å²) in [5, 5.41) is 6.69. The molecule has 0 fully saturated rings. The van der Waals surface area contributed by atoms with Gasteiger partial charge in [-0.3, -0.25) is 19.4 Å². The number of fused-ring (bicyclic) bond motifs is 1. The molecule has 0 bridgehead atoms. The molecule has 3 N–H and O–H groups in total. The molecule has 3 aliphatic heterocycles. The van der Waals surface area contributed by atoms with Crippen LogP contribution in [0, 0.1) is 5.82 Å². The van der Waals surface area contributed by atoms with Gasteiger partial charge in [0, 0.05) is 30.6 Å². The lowest BCUT2D eigenvalue weighted by atomic mass is 10.2. The van der Waals surface area contributed by atoms with E-state index in [-0.39, 0.29) is 40.7 Å². The quantitative estimate of drug-likeness (QED) is 0.484. The molecule has 1 unspecified atom stereocenters. The number of nitrogens with one attached hydrogen (secondary N) is 3. The number of halogens is 2. The first-order chi connectivity index (χ1) is 16.4. The van der Waals surface area contributed by atoms with Gasteiger partial charge in [0.25, 0.3) is 11.8 Å². The molecule has 0 saturated heterocycles. The zero-order valence-electron chi connectivity index (χ0n) is 18.1. The number of carbonyl (C=O) groups is 3. The molecule has 1 aromatic carbocycles. The van der Waals surface area contributed by atoms with E-state index in [2.05, 4.69) is 21.1 Å². The molecule has 9 nitrogen and oxygen atoms in total. The molecule has 0 radical (unpaired) electrons. The van der Waals surface area contributed by atoms with Gasteiger partial charge in [-0.2, -0.15) is 0 Å². The monoisotopic (exact) mass is 505 g/mol. The normalized spacial score (nSPS) is 18.9. The molecule has 0 saturated carbocycles. The van der Waals surface area contributed by atoms with Crippen molar-refractivity contribution in [1.29, 1.82) is 0 Å². The van der Waals surface area contributed by atoms with E-state index in [0.717, 1.165) is 4.91 Å². The van der Waals surface area contributed by atoms with Gasteiger partial charge < -0.3 is 15.4 Å². The fraction of sp³-hybridized carbons (Fsp3) is 0.273. The van der Waals surface area contributed by atoms with E-state index in [1.54, 1.807) is 6.08 Å². The van der Waals surface area contributed by atoms with Gasteiger partial charge in [0.2, 0.25) is 0 Å². The minimum Gasteiger partial charge on any atom is -0.468 e. The molecule has 0 spiro atoms. The van der Waals surface area contributed by atoms with Crippen LogP contribution in [-0.2, 0) is 25.7 Å². The number of carbonyl (C=O) groups excluding carboxylic acids is 3. The number of hydrogen-bond acceptors (Lipinski definition) is 8. The zero-order valence-corrected chi connectivity index (χ0v) is 19.6. The van der Waals surface area contributed by atoms with E-state index in [0.29, 0.717) is 24.4 Å². The maximum Gasteiger partial charge on any atom is 0.319 e. The Balaban J connectivity index is 1.40. The van der Waals surface area contributed by atoms with Crippen LogP contribution in [0.4, 0.5) is 4.39 Å². The lowest BCUT2D eigenvalue weighted by molar-refractivity contribution is -0.139. The second kappa shape index (κ2) is 10.4. The molecular formula is C22H21ClFN5O4S. The average molecular weight is 506 g/mol. The summed E-state index contributed by atoms with van der Waals surface area (Å²) in [6, 6.07) is 4.17. The first-order valence-corrected chi connectivity index (χ1v) is 11.6. The van der Waals surface area contributed by atoms with E-state index in [9.17, 15) is 18.8 Å². The van der Waals surface area contributed by atoms with Crippen molar-refractivity contribution >= 4 is 46.9 Å². The third-order valence-electron chi connectivity index (χ3n) is 5.16. The van der Waals surface area contributed by atoms with Crippen molar-refractivity contribution in [2.75, 3.05) is 20.2 Å². The number of ether oxygens (including phenoxy) is 1. The third-order valence-corrected chi connectivity index (χ3v) is 6.73. The summed E-state index contributed by atoms with van der Waals surface area (Å²) >= 11 is 7.14. The first-order valence-electron chi connectivity index (χ1n) is 10.3. The van der Waals surface area contributed by atoms with E-state index in [1.165, 1.54) is 48.2 Å². The summed E-state index contributed by atoms with van der Waals surface area (Å²) in [4.78, 5) is 42.5. The van der Waals surface area contributed by atoms with Crippen LogP contribution in [0.1, 0.15) is 12.0 Å². The molecule has 12 heteroatoms. The number of thioether (sulfide) groups is 1. The number of rotatable bonds is 7. The van der Waals surface area contributed by atoms with Crippen molar-refractivity contribution in [2.24, 2.45) is 4.99 Å². The van der Waals surface area contributed by atoms with Crippen LogP contribution in [0.5, 0.6) is 0 Å². The number of nitrogens with zero attached hydrogens (tertiary/aromatic N) is 2. The SMILES string of the molecule is COC(=O)C1CC=C(CNC(=O)C2=CC(C(=O)NCc3ccc(F)c(Cl)c3)=NC3=CCNN32)S1. The van der Waals surface area contributed by atoms with Gasteiger partial charge >= 0.3 is 5.97 Å². The highest BCUT2D eigenvalue weighted by Crippen LogP contribution is 2.32. The molecule has 3 aliphatic rings. The molecule has 4 rings (SSSR count).